The molecule has 3 rings (SSSR count). The zero-order chi connectivity index (χ0) is 16.6. The van der Waals surface area contributed by atoms with Gasteiger partial charge in [-0.05, 0) is 49.7 Å². The number of fused-ring (bicyclic) bond motifs is 1. The molecule has 2 nitrogen and oxygen atoms in total. The highest BCUT2D eigenvalue weighted by atomic mass is 19.4. The molecule has 0 amide bonds. The lowest BCUT2D eigenvalue weighted by Crippen LogP contribution is -2.05. The Morgan fingerprint density at radius 1 is 1.00 bits per heavy atom. The minimum absolute atomic E-state index is 0.395. The fraction of sp³-hybridized carbons (Fsp3) is 0.167. The molecule has 3 aromatic rings. The van der Waals surface area contributed by atoms with Crippen molar-refractivity contribution in [1.82, 2.24) is 4.98 Å². The van der Waals surface area contributed by atoms with Crippen molar-refractivity contribution in [2.75, 3.05) is 5.32 Å². The smallest absolute Gasteiger partial charge is 0.355 e. The van der Waals surface area contributed by atoms with Gasteiger partial charge in [-0.25, -0.2) is 0 Å². The minimum Gasteiger partial charge on any atom is -0.355 e. The summed E-state index contributed by atoms with van der Waals surface area (Å²) >= 11 is 0. The van der Waals surface area contributed by atoms with Crippen LogP contribution in [0.15, 0.2) is 48.7 Å². The van der Waals surface area contributed by atoms with Crippen LogP contribution in [-0.4, -0.2) is 4.98 Å². The predicted octanol–water partition coefficient (Wildman–Crippen LogP) is 5.61. The number of nitrogens with zero attached hydrogens (tertiary/aromatic N) is 1. The van der Waals surface area contributed by atoms with Gasteiger partial charge in [0.05, 0.1) is 11.1 Å². The van der Waals surface area contributed by atoms with Gasteiger partial charge in [0.15, 0.2) is 0 Å². The van der Waals surface area contributed by atoms with Gasteiger partial charge in [-0.1, -0.05) is 17.7 Å². The average Bonchev–Trinajstić information content (AvgIpc) is 2.47. The number of aryl methyl sites for hydroxylation is 2. The molecule has 23 heavy (non-hydrogen) atoms. The molecule has 0 aliphatic heterocycles. The number of anilines is 2. The Morgan fingerprint density at radius 2 is 1.78 bits per heavy atom. The van der Waals surface area contributed by atoms with E-state index < -0.39 is 11.7 Å². The second-order valence-corrected chi connectivity index (χ2v) is 5.54. The first-order valence-electron chi connectivity index (χ1n) is 7.15. The number of hydrogen-bond donors (Lipinski definition) is 1. The van der Waals surface area contributed by atoms with E-state index in [0.29, 0.717) is 5.69 Å². The first kappa shape index (κ1) is 15.3. The van der Waals surface area contributed by atoms with Crippen LogP contribution in [0.3, 0.4) is 0 Å². The number of halogens is 3. The van der Waals surface area contributed by atoms with E-state index in [2.05, 4.69) is 10.3 Å². The number of rotatable bonds is 2. The summed E-state index contributed by atoms with van der Waals surface area (Å²) in [7, 11) is 0. The summed E-state index contributed by atoms with van der Waals surface area (Å²) in [5, 5.41) is 3.96. The molecule has 5 heteroatoms. The van der Waals surface area contributed by atoms with Crippen molar-refractivity contribution in [1.29, 1.82) is 0 Å². The molecule has 1 N–H and O–H groups in total. The van der Waals surface area contributed by atoms with E-state index in [-0.39, 0.29) is 0 Å². The van der Waals surface area contributed by atoms with Crippen LogP contribution in [0.1, 0.15) is 16.7 Å². The van der Waals surface area contributed by atoms with Crippen molar-refractivity contribution in [3.63, 3.8) is 0 Å². The van der Waals surface area contributed by atoms with E-state index in [1.54, 1.807) is 18.3 Å². The molecular formula is C18H15F3N2. The average molecular weight is 316 g/mol. The van der Waals surface area contributed by atoms with E-state index in [1.807, 2.05) is 26.0 Å². The molecule has 2 aromatic carbocycles. The van der Waals surface area contributed by atoms with Crippen LogP contribution in [0.25, 0.3) is 10.9 Å². The van der Waals surface area contributed by atoms with E-state index in [9.17, 15) is 13.2 Å². The van der Waals surface area contributed by atoms with Crippen molar-refractivity contribution < 1.29 is 13.2 Å². The number of pyridine rings is 1. The molecule has 0 radical (unpaired) electrons. The van der Waals surface area contributed by atoms with Gasteiger partial charge in [0.2, 0.25) is 0 Å². The van der Waals surface area contributed by atoms with Crippen molar-refractivity contribution in [3.05, 3.63) is 65.4 Å². The van der Waals surface area contributed by atoms with Crippen molar-refractivity contribution in [3.8, 4) is 0 Å². The molecule has 118 valence electrons. The second-order valence-electron chi connectivity index (χ2n) is 5.54. The van der Waals surface area contributed by atoms with Gasteiger partial charge in [0, 0.05) is 23.0 Å². The topological polar surface area (TPSA) is 24.9 Å². The monoisotopic (exact) mass is 316 g/mol. The molecule has 0 fully saturated rings. The van der Waals surface area contributed by atoms with Gasteiger partial charge < -0.3 is 5.32 Å². The third-order valence-electron chi connectivity index (χ3n) is 3.65. The number of alkyl halides is 3. The first-order valence-corrected chi connectivity index (χ1v) is 7.15. The largest absolute Gasteiger partial charge is 0.416 e. The number of benzene rings is 2. The zero-order valence-corrected chi connectivity index (χ0v) is 12.7. The summed E-state index contributed by atoms with van der Waals surface area (Å²) in [6.07, 6.45) is -2.70. The van der Waals surface area contributed by atoms with Crippen LogP contribution < -0.4 is 5.32 Å². The van der Waals surface area contributed by atoms with Gasteiger partial charge in [-0.2, -0.15) is 13.2 Å². The molecule has 0 bridgehead atoms. The normalized spacial score (nSPS) is 11.7. The van der Waals surface area contributed by atoms with E-state index in [0.717, 1.165) is 39.8 Å². The van der Waals surface area contributed by atoms with E-state index in [4.69, 9.17) is 0 Å². The van der Waals surface area contributed by atoms with Crippen LogP contribution in [-0.2, 0) is 6.18 Å². The highest BCUT2D eigenvalue weighted by Gasteiger charge is 2.30. The second kappa shape index (κ2) is 5.57. The standard InChI is InChI=1S/C18H15F3N2/c1-11-8-12(2)17-15(9-11)16(6-7-22-17)23-14-5-3-4-13(10-14)18(19,20)21/h3-10H,1-2H3,(H,22,23). The summed E-state index contributed by atoms with van der Waals surface area (Å²) in [4.78, 5) is 4.36. The summed E-state index contributed by atoms with van der Waals surface area (Å²) in [6.45, 7) is 3.95. The Labute approximate surface area is 132 Å². The van der Waals surface area contributed by atoms with Crippen LogP contribution in [0.5, 0.6) is 0 Å². The van der Waals surface area contributed by atoms with Crippen LogP contribution in [0.2, 0.25) is 0 Å². The lowest BCUT2D eigenvalue weighted by atomic mass is 10.1. The molecule has 0 unspecified atom stereocenters. The number of hydrogen-bond acceptors (Lipinski definition) is 2. The van der Waals surface area contributed by atoms with E-state index >= 15 is 0 Å². The molecule has 1 aromatic heterocycles. The fourth-order valence-corrected chi connectivity index (χ4v) is 2.65. The lowest BCUT2D eigenvalue weighted by Gasteiger charge is -2.13. The van der Waals surface area contributed by atoms with Crippen molar-refractivity contribution in [2.24, 2.45) is 0 Å². The van der Waals surface area contributed by atoms with Crippen LogP contribution >= 0.6 is 0 Å². The molecule has 0 spiro atoms. The molecule has 1 heterocycles. The Hall–Kier alpha value is -2.56. The molecule has 0 atom stereocenters. The summed E-state index contributed by atoms with van der Waals surface area (Å²) in [5.74, 6) is 0. The lowest BCUT2D eigenvalue weighted by molar-refractivity contribution is -0.137. The van der Waals surface area contributed by atoms with Gasteiger partial charge in [0.1, 0.15) is 0 Å². The van der Waals surface area contributed by atoms with Gasteiger partial charge in [-0.3, -0.25) is 4.98 Å². The zero-order valence-electron chi connectivity index (χ0n) is 12.7. The predicted molar refractivity (Wildman–Crippen MR) is 85.9 cm³/mol. The molecule has 0 saturated carbocycles. The van der Waals surface area contributed by atoms with Crippen molar-refractivity contribution in [2.45, 2.75) is 20.0 Å². The van der Waals surface area contributed by atoms with Gasteiger partial charge in [-0.15, -0.1) is 0 Å². The van der Waals surface area contributed by atoms with Crippen LogP contribution in [0.4, 0.5) is 24.5 Å². The van der Waals surface area contributed by atoms with Gasteiger partial charge >= 0.3 is 6.18 Å². The maximum absolute atomic E-state index is 12.8. The summed E-state index contributed by atoms with van der Waals surface area (Å²) < 4.78 is 38.5. The highest BCUT2D eigenvalue weighted by molar-refractivity contribution is 5.95. The summed E-state index contributed by atoms with van der Waals surface area (Å²) in [5.41, 5.74) is 3.41. The highest BCUT2D eigenvalue weighted by Crippen LogP contribution is 2.33. The van der Waals surface area contributed by atoms with E-state index in [1.165, 1.54) is 6.07 Å². The Balaban J connectivity index is 2.06. The minimum atomic E-state index is -4.36. The first-order chi connectivity index (χ1) is 10.8. The van der Waals surface area contributed by atoms with Crippen molar-refractivity contribution >= 4 is 22.3 Å². The maximum Gasteiger partial charge on any atom is 0.416 e. The quantitative estimate of drug-likeness (QED) is 0.664. The molecular weight excluding hydrogens is 301 g/mol. The molecule has 0 aliphatic carbocycles. The number of aromatic nitrogens is 1. The SMILES string of the molecule is Cc1cc(C)c2nccc(Nc3cccc(C(F)(F)F)c3)c2c1. The fourth-order valence-electron chi connectivity index (χ4n) is 2.65. The summed E-state index contributed by atoms with van der Waals surface area (Å²) in [6, 6.07) is 10.9. The Bertz CT molecular complexity index is 870. The third kappa shape index (κ3) is 3.13. The molecule has 0 saturated heterocycles. The Kier molecular flexibility index (Phi) is 3.72. The molecule has 0 aliphatic rings. The third-order valence-corrected chi connectivity index (χ3v) is 3.65. The maximum atomic E-state index is 12.8. The van der Waals surface area contributed by atoms with Crippen LogP contribution in [0, 0.1) is 13.8 Å². The number of nitrogens with one attached hydrogen (secondary N) is 1. The Morgan fingerprint density at radius 3 is 2.52 bits per heavy atom. The van der Waals surface area contributed by atoms with Gasteiger partial charge in [0.25, 0.3) is 0 Å².